The second-order valence-electron chi connectivity index (χ2n) is 7.24. The molecule has 2 aromatic heterocycles. The number of nitrogens with zero attached hydrogens (tertiary/aromatic N) is 1. The SMILES string of the molecule is COC(=O)c1cc2oc3ccccc3c2n1CC(=O)Nc1ccc(C(C)C)cc1. The van der Waals surface area contributed by atoms with Crippen LogP contribution in [-0.4, -0.2) is 23.6 Å². The van der Waals surface area contributed by atoms with Crippen LogP contribution in [0.25, 0.3) is 22.1 Å². The number of rotatable bonds is 5. The summed E-state index contributed by atoms with van der Waals surface area (Å²) < 4.78 is 12.4. The number of aromatic nitrogens is 1. The average molecular weight is 390 g/mol. The van der Waals surface area contributed by atoms with E-state index in [0.29, 0.717) is 28.3 Å². The summed E-state index contributed by atoms with van der Waals surface area (Å²) in [4.78, 5) is 25.0. The van der Waals surface area contributed by atoms with Crippen molar-refractivity contribution in [2.45, 2.75) is 26.3 Å². The van der Waals surface area contributed by atoms with Crippen LogP contribution in [0.3, 0.4) is 0 Å². The Labute approximate surface area is 168 Å². The van der Waals surface area contributed by atoms with Crippen molar-refractivity contribution < 1.29 is 18.7 Å². The summed E-state index contributed by atoms with van der Waals surface area (Å²) in [6, 6.07) is 16.9. The summed E-state index contributed by atoms with van der Waals surface area (Å²) in [5.74, 6) is -0.338. The maximum Gasteiger partial charge on any atom is 0.354 e. The lowest BCUT2D eigenvalue weighted by molar-refractivity contribution is -0.116. The standard InChI is InChI=1S/C23H22N2O4/c1-14(2)15-8-10-16(11-9-15)24-21(26)13-25-18(23(27)28-3)12-20-22(25)17-6-4-5-7-19(17)29-20/h4-12,14H,13H2,1-3H3,(H,24,26). The minimum absolute atomic E-state index is 0.0383. The zero-order valence-corrected chi connectivity index (χ0v) is 16.6. The fourth-order valence-electron chi connectivity index (χ4n) is 3.48. The minimum atomic E-state index is -0.519. The second-order valence-corrected chi connectivity index (χ2v) is 7.24. The van der Waals surface area contributed by atoms with E-state index in [-0.39, 0.29) is 18.1 Å². The molecule has 0 aliphatic carbocycles. The molecule has 0 fully saturated rings. The fourth-order valence-corrected chi connectivity index (χ4v) is 3.48. The smallest absolute Gasteiger partial charge is 0.354 e. The highest BCUT2D eigenvalue weighted by atomic mass is 16.5. The highest BCUT2D eigenvalue weighted by Crippen LogP contribution is 2.31. The first-order valence-electron chi connectivity index (χ1n) is 9.47. The topological polar surface area (TPSA) is 73.5 Å². The zero-order chi connectivity index (χ0) is 20.5. The monoisotopic (exact) mass is 390 g/mol. The second kappa shape index (κ2) is 7.47. The summed E-state index contributed by atoms with van der Waals surface area (Å²) in [6.45, 7) is 4.20. The van der Waals surface area contributed by atoms with Crippen molar-refractivity contribution in [3.05, 3.63) is 65.9 Å². The summed E-state index contributed by atoms with van der Waals surface area (Å²) in [5.41, 5.74) is 4.13. The van der Waals surface area contributed by atoms with Crippen LogP contribution in [0.1, 0.15) is 35.8 Å². The molecule has 0 saturated carbocycles. The molecule has 4 aromatic rings. The summed E-state index contributed by atoms with van der Waals surface area (Å²) in [7, 11) is 1.32. The Morgan fingerprint density at radius 1 is 1.07 bits per heavy atom. The predicted molar refractivity (Wildman–Crippen MR) is 112 cm³/mol. The van der Waals surface area contributed by atoms with Gasteiger partial charge in [0.15, 0.2) is 5.58 Å². The molecule has 6 nitrogen and oxygen atoms in total. The third kappa shape index (κ3) is 3.49. The number of carbonyl (C=O) groups is 2. The minimum Gasteiger partial charge on any atom is -0.464 e. The fraction of sp³-hybridized carbons (Fsp3) is 0.217. The van der Waals surface area contributed by atoms with E-state index in [9.17, 15) is 9.59 Å². The molecular weight excluding hydrogens is 368 g/mol. The average Bonchev–Trinajstić information content (AvgIpc) is 3.24. The third-order valence-electron chi connectivity index (χ3n) is 4.98. The third-order valence-corrected chi connectivity index (χ3v) is 4.98. The predicted octanol–water partition coefficient (Wildman–Crippen LogP) is 4.94. The molecule has 29 heavy (non-hydrogen) atoms. The molecule has 0 aliphatic rings. The van der Waals surface area contributed by atoms with Crippen LogP contribution in [0.4, 0.5) is 5.69 Å². The Balaban J connectivity index is 1.68. The van der Waals surface area contributed by atoms with Crippen molar-refractivity contribution in [2.75, 3.05) is 12.4 Å². The molecular formula is C23H22N2O4. The van der Waals surface area contributed by atoms with Crippen molar-refractivity contribution in [3.63, 3.8) is 0 Å². The molecule has 148 valence electrons. The van der Waals surface area contributed by atoms with E-state index in [4.69, 9.17) is 9.15 Å². The van der Waals surface area contributed by atoms with Crippen LogP contribution in [0.2, 0.25) is 0 Å². The maximum absolute atomic E-state index is 12.7. The van der Waals surface area contributed by atoms with E-state index in [1.807, 2.05) is 48.5 Å². The van der Waals surface area contributed by atoms with E-state index in [2.05, 4.69) is 19.2 Å². The van der Waals surface area contributed by atoms with E-state index >= 15 is 0 Å². The number of carbonyl (C=O) groups excluding carboxylic acids is 2. The summed E-state index contributed by atoms with van der Waals surface area (Å²) in [5, 5.41) is 3.73. The van der Waals surface area contributed by atoms with Crippen LogP contribution in [0, 0.1) is 0 Å². The molecule has 1 amide bonds. The Hall–Kier alpha value is -3.54. The number of hydrogen-bond acceptors (Lipinski definition) is 4. The van der Waals surface area contributed by atoms with Gasteiger partial charge in [0.1, 0.15) is 17.8 Å². The molecule has 1 N–H and O–H groups in total. The lowest BCUT2D eigenvalue weighted by atomic mass is 10.0. The first kappa shape index (κ1) is 18.8. The van der Waals surface area contributed by atoms with E-state index in [0.717, 1.165) is 5.39 Å². The van der Waals surface area contributed by atoms with Crippen molar-refractivity contribution in [2.24, 2.45) is 0 Å². The van der Waals surface area contributed by atoms with Gasteiger partial charge in [-0.25, -0.2) is 4.79 Å². The summed E-state index contributed by atoms with van der Waals surface area (Å²) in [6.07, 6.45) is 0. The number of anilines is 1. The molecule has 2 aromatic carbocycles. The van der Waals surface area contributed by atoms with Gasteiger partial charge in [-0.15, -0.1) is 0 Å². The van der Waals surface area contributed by atoms with Gasteiger partial charge in [0.2, 0.25) is 5.91 Å². The lowest BCUT2D eigenvalue weighted by Crippen LogP contribution is -2.21. The van der Waals surface area contributed by atoms with Gasteiger partial charge in [-0.1, -0.05) is 38.1 Å². The van der Waals surface area contributed by atoms with E-state index < -0.39 is 5.97 Å². The highest BCUT2D eigenvalue weighted by Gasteiger charge is 2.22. The number of furan rings is 1. The van der Waals surface area contributed by atoms with Gasteiger partial charge in [0.25, 0.3) is 0 Å². The number of methoxy groups -OCH3 is 1. The number of fused-ring (bicyclic) bond motifs is 3. The first-order chi connectivity index (χ1) is 14.0. The quantitative estimate of drug-likeness (QED) is 0.490. The molecule has 0 radical (unpaired) electrons. The molecule has 2 heterocycles. The lowest BCUT2D eigenvalue weighted by Gasteiger charge is -2.11. The van der Waals surface area contributed by atoms with Crippen molar-refractivity contribution in [3.8, 4) is 0 Å². The Morgan fingerprint density at radius 3 is 2.48 bits per heavy atom. The molecule has 6 heteroatoms. The van der Waals surface area contributed by atoms with Gasteiger partial charge in [-0.2, -0.15) is 0 Å². The first-order valence-corrected chi connectivity index (χ1v) is 9.47. The van der Waals surface area contributed by atoms with Gasteiger partial charge in [0, 0.05) is 17.1 Å². The number of amides is 1. The number of benzene rings is 2. The van der Waals surface area contributed by atoms with Gasteiger partial charge in [-0.3, -0.25) is 4.79 Å². The van der Waals surface area contributed by atoms with E-state index in [1.165, 1.54) is 12.7 Å². The van der Waals surface area contributed by atoms with Gasteiger partial charge in [-0.05, 0) is 35.7 Å². The molecule has 0 atom stereocenters. The maximum atomic E-state index is 12.7. The normalized spacial score (nSPS) is 11.3. The van der Waals surface area contributed by atoms with Crippen molar-refractivity contribution >= 4 is 39.6 Å². The number of ether oxygens (including phenoxy) is 1. The van der Waals surface area contributed by atoms with Crippen LogP contribution >= 0.6 is 0 Å². The van der Waals surface area contributed by atoms with Gasteiger partial charge in [0.05, 0.1) is 12.6 Å². The van der Waals surface area contributed by atoms with Gasteiger partial charge < -0.3 is 19.0 Å². The molecule has 4 rings (SSSR count). The van der Waals surface area contributed by atoms with E-state index in [1.54, 1.807) is 10.6 Å². The van der Waals surface area contributed by atoms with Crippen LogP contribution in [0.5, 0.6) is 0 Å². The zero-order valence-electron chi connectivity index (χ0n) is 16.6. The van der Waals surface area contributed by atoms with Crippen LogP contribution in [0.15, 0.2) is 59.0 Å². The molecule has 0 unspecified atom stereocenters. The number of para-hydroxylation sites is 1. The van der Waals surface area contributed by atoms with Crippen LogP contribution < -0.4 is 5.32 Å². The molecule has 0 spiro atoms. The van der Waals surface area contributed by atoms with Crippen LogP contribution in [-0.2, 0) is 16.1 Å². The highest BCUT2D eigenvalue weighted by molar-refractivity contribution is 6.07. The number of hydrogen-bond donors (Lipinski definition) is 1. The van der Waals surface area contributed by atoms with Crippen molar-refractivity contribution in [1.82, 2.24) is 4.57 Å². The van der Waals surface area contributed by atoms with Crippen molar-refractivity contribution in [1.29, 1.82) is 0 Å². The Bertz CT molecular complexity index is 1200. The molecule has 0 bridgehead atoms. The molecule has 0 saturated heterocycles. The molecule has 0 aliphatic heterocycles. The number of nitrogens with one attached hydrogen (secondary N) is 1. The van der Waals surface area contributed by atoms with Gasteiger partial charge >= 0.3 is 5.97 Å². The summed E-state index contributed by atoms with van der Waals surface area (Å²) >= 11 is 0. The Kier molecular flexibility index (Phi) is 4.84. The Morgan fingerprint density at radius 2 is 1.79 bits per heavy atom. The number of esters is 1. The largest absolute Gasteiger partial charge is 0.464 e.